The number of hydrogen-bond donors (Lipinski definition) is 1. The first-order valence-corrected chi connectivity index (χ1v) is 6.11. The van der Waals surface area contributed by atoms with Crippen molar-refractivity contribution >= 4 is 23.1 Å². The Morgan fingerprint density at radius 1 is 1.00 bits per heavy atom. The van der Waals surface area contributed by atoms with E-state index in [0.717, 1.165) is 16.5 Å². The molecule has 3 rings (SSSR count). The second-order valence-electron chi connectivity index (χ2n) is 4.36. The van der Waals surface area contributed by atoms with Crippen molar-refractivity contribution in [1.29, 1.82) is 5.26 Å². The summed E-state index contributed by atoms with van der Waals surface area (Å²) in [6.07, 6.45) is 6.13. The summed E-state index contributed by atoms with van der Waals surface area (Å²) in [5, 5.41) is 10.0. The standard InChI is InChI=1S/C17H12N2/c18-11-14-7-9-16-15(12-19-17(16)10-14)8-6-13-4-2-1-3-5-13/h1-10,12,19H/b8-6+. The van der Waals surface area contributed by atoms with E-state index < -0.39 is 0 Å². The van der Waals surface area contributed by atoms with Gasteiger partial charge in [-0.3, -0.25) is 0 Å². The molecule has 0 unspecified atom stereocenters. The fourth-order valence-corrected chi connectivity index (χ4v) is 2.11. The minimum Gasteiger partial charge on any atom is -0.361 e. The van der Waals surface area contributed by atoms with E-state index in [2.05, 4.69) is 35.3 Å². The van der Waals surface area contributed by atoms with E-state index in [-0.39, 0.29) is 0 Å². The van der Waals surface area contributed by atoms with Gasteiger partial charge < -0.3 is 4.98 Å². The predicted molar refractivity (Wildman–Crippen MR) is 78.4 cm³/mol. The van der Waals surface area contributed by atoms with Crippen LogP contribution in [0.15, 0.2) is 54.7 Å². The van der Waals surface area contributed by atoms with E-state index >= 15 is 0 Å². The number of aromatic amines is 1. The number of hydrogen-bond acceptors (Lipinski definition) is 1. The van der Waals surface area contributed by atoms with Crippen molar-refractivity contribution < 1.29 is 0 Å². The number of rotatable bonds is 2. The monoisotopic (exact) mass is 244 g/mol. The lowest BCUT2D eigenvalue weighted by Gasteiger charge is -1.94. The van der Waals surface area contributed by atoms with Crippen LogP contribution in [0.1, 0.15) is 16.7 Å². The van der Waals surface area contributed by atoms with Crippen molar-refractivity contribution in [2.24, 2.45) is 0 Å². The molecular formula is C17H12N2. The Balaban J connectivity index is 1.98. The van der Waals surface area contributed by atoms with Crippen LogP contribution in [0.25, 0.3) is 23.1 Å². The lowest BCUT2D eigenvalue weighted by Crippen LogP contribution is -1.74. The maximum Gasteiger partial charge on any atom is 0.0992 e. The summed E-state index contributed by atoms with van der Waals surface area (Å²) in [6, 6.07) is 18.0. The van der Waals surface area contributed by atoms with E-state index in [1.165, 1.54) is 5.56 Å². The van der Waals surface area contributed by atoms with Gasteiger partial charge in [0.1, 0.15) is 0 Å². The zero-order valence-corrected chi connectivity index (χ0v) is 10.3. The van der Waals surface area contributed by atoms with Gasteiger partial charge in [0, 0.05) is 17.1 Å². The molecule has 0 aliphatic heterocycles. The molecule has 90 valence electrons. The van der Waals surface area contributed by atoms with Gasteiger partial charge in [-0.2, -0.15) is 5.26 Å². The van der Waals surface area contributed by atoms with Crippen molar-refractivity contribution in [3.05, 3.63) is 71.4 Å². The van der Waals surface area contributed by atoms with Gasteiger partial charge in [-0.25, -0.2) is 0 Å². The molecule has 0 amide bonds. The normalized spacial score (nSPS) is 10.9. The molecule has 0 atom stereocenters. The number of fused-ring (bicyclic) bond motifs is 1. The van der Waals surface area contributed by atoms with Crippen LogP contribution in [0, 0.1) is 11.3 Å². The van der Waals surface area contributed by atoms with Crippen molar-refractivity contribution in [2.75, 3.05) is 0 Å². The van der Waals surface area contributed by atoms with Crippen LogP contribution in [0.5, 0.6) is 0 Å². The largest absolute Gasteiger partial charge is 0.361 e. The third-order valence-corrected chi connectivity index (χ3v) is 3.10. The zero-order chi connectivity index (χ0) is 13.1. The van der Waals surface area contributed by atoms with Crippen LogP contribution >= 0.6 is 0 Å². The molecule has 0 aliphatic carbocycles. The van der Waals surface area contributed by atoms with Crippen LogP contribution in [0.3, 0.4) is 0 Å². The third-order valence-electron chi connectivity index (χ3n) is 3.10. The average molecular weight is 244 g/mol. The summed E-state index contributed by atoms with van der Waals surface area (Å²) < 4.78 is 0. The maximum absolute atomic E-state index is 8.88. The number of H-pyrrole nitrogens is 1. The first-order chi connectivity index (χ1) is 9.36. The molecule has 1 N–H and O–H groups in total. The Morgan fingerprint density at radius 3 is 2.63 bits per heavy atom. The van der Waals surface area contributed by atoms with Gasteiger partial charge in [0.15, 0.2) is 0 Å². The molecule has 2 aromatic carbocycles. The van der Waals surface area contributed by atoms with E-state index in [1.54, 1.807) is 0 Å². The zero-order valence-electron chi connectivity index (χ0n) is 10.3. The van der Waals surface area contributed by atoms with E-state index in [4.69, 9.17) is 5.26 Å². The van der Waals surface area contributed by atoms with Crippen LogP contribution in [-0.4, -0.2) is 4.98 Å². The fourth-order valence-electron chi connectivity index (χ4n) is 2.11. The van der Waals surface area contributed by atoms with Crippen molar-refractivity contribution in [1.82, 2.24) is 4.98 Å². The van der Waals surface area contributed by atoms with Gasteiger partial charge in [-0.05, 0) is 23.3 Å². The van der Waals surface area contributed by atoms with E-state index in [0.29, 0.717) is 5.56 Å². The summed E-state index contributed by atoms with van der Waals surface area (Å²) in [5.41, 5.74) is 3.97. The van der Waals surface area contributed by atoms with Crippen molar-refractivity contribution in [2.45, 2.75) is 0 Å². The van der Waals surface area contributed by atoms with Gasteiger partial charge in [0.2, 0.25) is 0 Å². The van der Waals surface area contributed by atoms with Crippen LogP contribution in [-0.2, 0) is 0 Å². The van der Waals surface area contributed by atoms with Crippen molar-refractivity contribution in [3.8, 4) is 6.07 Å². The number of nitriles is 1. The lowest BCUT2D eigenvalue weighted by atomic mass is 10.1. The Kier molecular flexibility index (Phi) is 2.88. The fraction of sp³-hybridized carbons (Fsp3) is 0. The molecule has 2 nitrogen and oxygen atoms in total. The SMILES string of the molecule is N#Cc1ccc2c(/C=C/c3ccccc3)c[nH]c2c1. The Bertz CT molecular complexity index is 774. The quantitative estimate of drug-likeness (QED) is 0.720. The highest BCUT2D eigenvalue weighted by molar-refractivity contribution is 5.92. The molecule has 1 heterocycles. The number of aromatic nitrogens is 1. The first-order valence-electron chi connectivity index (χ1n) is 6.11. The maximum atomic E-state index is 8.88. The highest BCUT2D eigenvalue weighted by atomic mass is 14.7. The molecule has 19 heavy (non-hydrogen) atoms. The van der Waals surface area contributed by atoms with Crippen LogP contribution in [0.2, 0.25) is 0 Å². The molecule has 1 aromatic heterocycles. The van der Waals surface area contributed by atoms with Crippen molar-refractivity contribution in [3.63, 3.8) is 0 Å². The average Bonchev–Trinajstić information content (AvgIpc) is 2.88. The first kappa shape index (κ1) is 11.3. The van der Waals surface area contributed by atoms with Gasteiger partial charge in [-0.15, -0.1) is 0 Å². The number of nitrogens with zero attached hydrogens (tertiary/aromatic N) is 1. The predicted octanol–water partition coefficient (Wildman–Crippen LogP) is 4.21. The second-order valence-corrected chi connectivity index (χ2v) is 4.36. The lowest BCUT2D eigenvalue weighted by molar-refractivity contribution is 1.45. The molecule has 0 saturated carbocycles. The highest BCUT2D eigenvalue weighted by Crippen LogP contribution is 2.21. The summed E-state index contributed by atoms with van der Waals surface area (Å²) in [5.74, 6) is 0. The minimum absolute atomic E-state index is 0.674. The molecule has 0 saturated heterocycles. The van der Waals surface area contributed by atoms with Gasteiger partial charge in [0.05, 0.1) is 11.6 Å². The topological polar surface area (TPSA) is 39.6 Å². The van der Waals surface area contributed by atoms with Gasteiger partial charge >= 0.3 is 0 Å². The molecule has 0 aliphatic rings. The summed E-state index contributed by atoms with van der Waals surface area (Å²) in [6.45, 7) is 0. The van der Waals surface area contributed by atoms with E-state index in [9.17, 15) is 0 Å². The number of nitrogens with one attached hydrogen (secondary N) is 1. The summed E-state index contributed by atoms with van der Waals surface area (Å²) in [4.78, 5) is 3.20. The summed E-state index contributed by atoms with van der Waals surface area (Å²) in [7, 11) is 0. The smallest absolute Gasteiger partial charge is 0.0992 e. The summed E-state index contributed by atoms with van der Waals surface area (Å²) >= 11 is 0. The van der Waals surface area contributed by atoms with E-state index in [1.807, 2.05) is 42.6 Å². The third kappa shape index (κ3) is 2.27. The Hall–Kier alpha value is -2.79. The minimum atomic E-state index is 0.674. The molecular weight excluding hydrogens is 232 g/mol. The molecule has 0 bridgehead atoms. The molecule has 2 heteroatoms. The molecule has 0 radical (unpaired) electrons. The second kappa shape index (κ2) is 4.83. The van der Waals surface area contributed by atoms with Gasteiger partial charge in [0.25, 0.3) is 0 Å². The molecule has 0 spiro atoms. The molecule has 3 aromatic rings. The Labute approximate surface area is 111 Å². The molecule has 0 fully saturated rings. The van der Waals surface area contributed by atoms with Crippen LogP contribution in [0.4, 0.5) is 0 Å². The van der Waals surface area contributed by atoms with Crippen LogP contribution < -0.4 is 0 Å². The Morgan fingerprint density at radius 2 is 1.84 bits per heavy atom. The van der Waals surface area contributed by atoms with Gasteiger partial charge in [-0.1, -0.05) is 48.6 Å². The highest BCUT2D eigenvalue weighted by Gasteiger charge is 2.01. The number of benzene rings is 2.